The Labute approximate surface area is 150 Å². The minimum absolute atomic E-state index is 0.243. The van der Waals surface area contributed by atoms with Gasteiger partial charge in [-0.15, -0.1) is 0 Å². The zero-order valence-electron chi connectivity index (χ0n) is 13.1. The van der Waals surface area contributed by atoms with Crippen molar-refractivity contribution in [2.24, 2.45) is 0 Å². The Morgan fingerprint density at radius 2 is 1.96 bits per heavy atom. The smallest absolute Gasteiger partial charge is 0.287 e. The Bertz CT molecular complexity index is 712. The zero-order valence-corrected chi connectivity index (χ0v) is 14.6. The molecular formula is C17H18Cl2N2O3. The number of hydrogen-bond acceptors (Lipinski definition) is 4. The lowest BCUT2D eigenvalue weighted by molar-refractivity contribution is 0.0382. The van der Waals surface area contributed by atoms with Gasteiger partial charge >= 0.3 is 0 Å². The lowest BCUT2D eigenvalue weighted by Crippen LogP contribution is -2.41. The van der Waals surface area contributed by atoms with Crippen LogP contribution in [0.15, 0.2) is 34.7 Å². The number of hydrogen-bond donors (Lipinski definition) is 1. The van der Waals surface area contributed by atoms with E-state index < -0.39 is 0 Å². The van der Waals surface area contributed by atoms with Crippen molar-refractivity contribution in [2.45, 2.75) is 0 Å². The molecule has 0 aliphatic carbocycles. The largest absolute Gasteiger partial charge is 0.451 e. The summed E-state index contributed by atoms with van der Waals surface area (Å²) in [5.74, 6) is 0.525. The summed E-state index contributed by atoms with van der Waals surface area (Å²) >= 11 is 12.1. The molecule has 0 radical (unpaired) electrons. The molecule has 3 rings (SSSR count). The molecule has 2 aromatic rings. The third-order valence-electron chi connectivity index (χ3n) is 3.84. The second-order valence-electron chi connectivity index (χ2n) is 5.50. The van der Waals surface area contributed by atoms with E-state index in [1.54, 1.807) is 30.3 Å². The summed E-state index contributed by atoms with van der Waals surface area (Å²) in [4.78, 5) is 14.4. The van der Waals surface area contributed by atoms with E-state index >= 15 is 0 Å². The van der Waals surface area contributed by atoms with Gasteiger partial charge in [-0.25, -0.2) is 0 Å². The molecule has 0 unspecified atom stereocenters. The van der Waals surface area contributed by atoms with Crippen molar-refractivity contribution in [3.63, 3.8) is 0 Å². The van der Waals surface area contributed by atoms with Crippen LogP contribution in [0.4, 0.5) is 0 Å². The Kier molecular flexibility index (Phi) is 5.79. The average molecular weight is 369 g/mol. The van der Waals surface area contributed by atoms with Gasteiger partial charge in [-0.1, -0.05) is 23.2 Å². The molecule has 5 nitrogen and oxygen atoms in total. The highest BCUT2D eigenvalue weighted by Crippen LogP contribution is 2.31. The molecule has 0 spiro atoms. The van der Waals surface area contributed by atoms with E-state index in [-0.39, 0.29) is 11.7 Å². The summed E-state index contributed by atoms with van der Waals surface area (Å²) in [5.41, 5.74) is 0.663. The topological polar surface area (TPSA) is 54.7 Å². The van der Waals surface area contributed by atoms with Crippen molar-refractivity contribution in [1.29, 1.82) is 0 Å². The van der Waals surface area contributed by atoms with Crippen LogP contribution < -0.4 is 5.32 Å². The molecule has 24 heavy (non-hydrogen) atoms. The van der Waals surface area contributed by atoms with E-state index in [0.717, 1.165) is 32.8 Å². The van der Waals surface area contributed by atoms with Crippen LogP contribution in [0.3, 0.4) is 0 Å². The molecule has 1 amide bonds. The number of amides is 1. The molecule has 1 saturated heterocycles. The molecule has 0 saturated carbocycles. The number of carbonyl (C=O) groups is 1. The van der Waals surface area contributed by atoms with E-state index in [0.29, 0.717) is 27.9 Å². The SMILES string of the molecule is O=C(NCCN1CCOCC1)c1ccc(-c2cc(Cl)ccc2Cl)o1. The Hall–Kier alpha value is -1.53. The van der Waals surface area contributed by atoms with Crippen molar-refractivity contribution in [3.8, 4) is 11.3 Å². The number of nitrogens with zero attached hydrogens (tertiary/aromatic N) is 1. The molecule has 0 bridgehead atoms. The molecular weight excluding hydrogens is 351 g/mol. The fourth-order valence-corrected chi connectivity index (χ4v) is 2.91. The molecule has 1 aromatic heterocycles. The summed E-state index contributed by atoms with van der Waals surface area (Å²) in [5, 5.41) is 3.94. The maximum atomic E-state index is 12.2. The lowest BCUT2D eigenvalue weighted by Gasteiger charge is -2.26. The quantitative estimate of drug-likeness (QED) is 0.879. The predicted molar refractivity (Wildman–Crippen MR) is 93.8 cm³/mol. The number of nitrogens with one attached hydrogen (secondary N) is 1. The van der Waals surface area contributed by atoms with Crippen LogP contribution in [-0.4, -0.2) is 50.2 Å². The fraction of sp³-hybridized carbons (Fsp3) is 0.353. The average Bonchev–Trinajstić information content (AvgIpc) is 3.08. The minimum atomic E-state index is -0.243. The van der Waals surface area contributed by atoms with Crippen LogP contribution in [0.5, 0.6) is 0 Å². The predicted octanol–water partition coefficient (Wildman–Crippen LogP) is 3.32. The molecule has 1 fully saturated rings. The summed E-state index contributed by atoms with van der Waals surface area (Å²) in [7, 11) is 0. The minimum Gasteiger partial charge on any atom is -0.451 e. The van der Waals surface area contributed by atoms with Gasteiger partial charge in [0, 0.05) is 36.8 Å². The van der Waals surface area contributed by atoms with Gasteiger partial charge in [-0.05, 0) is 30.3 Å². The van der Waals surface area contributed by atoms with E-state index in [1.165, 1.54) is 0 Å². The van der Waals surface area contributed by atoms with Crippen LogP contribution in [0, 0.1) is 0 Å². The normalized spacial score (nSPS) is 15.4. The van der Waals surface area contributed by atoms with Gasteiger partial charge in [0.25, 0.3) is 5.91 Å². The van der Waals surface area contributed by atoms with E-state index in [4.69, 9.17) is 32.4 Å². The first-order valence-electron chi connectivity index (χ1n) is 7.77. The monoisotopic (exact) mass is 368 g/mol. The highest BCUT2D eigenvalue weighted by molar-refractivity contribution is 6.35. The summed E-state index contributed by atoms with van der Waals surface area (Å²) in [6, 6.07) is 8.47. The van der Waals surface area contributed by atoms with Gasteiger partial charge in [0.15, 0.2) is 5.76 Å². The van der Waals surface area contributed by atoms with Gasteiger partial charge in [0.1, 0.15) is 5.76 Å². The van der Waals surface area contributed by atoms with Crippen molar-refractivity contribution in [1.82, 2.24) is 10.2 Å². The van der Waals surface area contributed by atoms with E-state index in [1.807, 2.05) is 0 Å². The lowest BCUT2D eigenvalue weighted by atomic mass is 10.2. The van der Waals surface area contributed by atoms with Gasteiger partial charge in [-0.2, -0.15) is 0 Å². The number of benzene rings is 1. The van der Waals surface area contributed by atoms with Crippen LogP contribution in [0.1, 0.15) is 10.6 Å². The molecule has 7 heteroatoms. The maximum absolute atomic E-state index is 12.2. The third kappa shape index (κ3) is 4.30. The molecule has 0 atom stereocenters. The van der Waals surface area contributed by atoms with Gasteiger partial charge in [0.05, 0.1) is 18.2 Å². The Balaban J connectivity index is 1.58. The fourth-order valence-electron chi connectivity index (χ4n) is 2.53. The maximum Gasteiger partial charge on any atom is 0.287 e. The Morgan fingerprint density at radius 1 is 1.17 bits per heavy atom. The van der Waals surface area contributed by atoms with Crippen molar-refractivity contribution < 1.29 is 13.9 Å². The highest BCUT2D eigenvalue weighted by Gasteiger charge is 2.15. The summed E-state index contributed by atoms with van der Waals surface area (Å²) < 4.78 is 10.9. The summed E-state index contributed by atoms with van der Waals surface area (Å²) in [6.45, 7) is 4.64. The summed E-state index contributed by atoms with van der Waals surface area (Å²) in [6.07, 6.45) is 0. The number of halogens is 2. The number of rotatable bonds is 5. The van der Waals surface area contributed by atoms with Crippen LogP contribution >= 0.6 is 23.2 Å². The van der Waals surface area contributed by atoms with Crippen LogP contribution in [0.2, 0.25) is 10.0 Å². The number of furan rings is 1. The first-order valence-corrected chi connectivity index (χ1v) is 8.52. The van der Waals surface area contributed by atoms with E-state index in [9.17, 15) is 4.79 Å². The van der Waals surface area contributed by atoms with Gasteiger partial charge in [-0.3, -0.25) is 9.69 Å². The van der Waals surface area contributed by atoms with Gasteiger partial charge in [0.2, 0.25) is 0 Å². The standard InChI is InChI=1S/C17H18Cl2N2O3/c18-12-1-2-14(19)13(11-12)15-3-4-16(24-15)17(22)20-5-6-21-7-9-23-10-8-21/h1-4,11H,5-10H2,(H,20,22). The second-order valence-corrected chi connectivity index (χ2v) is 6.34. The first kappa shape index (κ1) is 17.3. The van der Waals surface area contributed by atoms with Crippen LogP contribution in [0.25, 0.3) is 11.3 Å². The zero-order chi connectivity index (χ0) is 16.9. The second kappa shape index (κ2) is 8.03. The molecule has 1 N–H and O–H groups in total. The van der Waals surface area contributed by atoms with Crippen molar-refractivity contribution in [2.75, 3.05) is 39.4 Å². The van der Waals surface area contributed by atoms with Crippen molar-refractivity contribution in [3.05, 3.63) is 46.1 Å². The number of morpholine rings is 1. The molecule has 1 aromatic carbocycles. The van der Waals surface area contributed by atoms with Gasteiger partial charge < -0.3 is 14.5 Å². The number of ether oxygens (including phenoxy) is 1. The molecule has 2 heterocycles. The van der Waals surface area contributed by atoms with Crippen LogP contribution in [-0.2, 0) is 4.74 Å². The van der Waals surface area contributed by atoms with E-state index in [2.05, 4.69) is 10.2 Å². The number of carbonyl (C=O) groups excluding carboxylic acids is 1. The van der Waals surface area contributed by atoms with Crippen molar-refractivity contribution >= 4 is 29.1 Å². The third-order valence-corrected chi connectivity index (χ3v) is 4.41. The molecule has 1 aliphatic rings. The molecule has 1 aliphatic heterocycles. The Morgan fingerprint density at radius 3 is 2.75 bits per heavy atom. The highest BCUT2D eigenvalue weighted by atomic mass is 35.5. The molecule has 128 valence electrons. The first-order chi connectivity index (χ1) is 11.6.